The fourth-order valence-electron chi connectivity index (χ4n) is 2.76. The third-order valence-electron chi connectivity index (χ3n) is 3.94. The standard InChI is InChI=1S/C16H24Cl2N2/c1-12(2)3-6-16(20-9-7-19-8-10-20)13-4-5-14(17)15(18)11-13/h4-5,11-12,16,19H,3,6-10H2,1-2H3/t16-/m0/s1. The van der Waals surface area contributed by atoms with Crippen molar-refractivity contribution in [2.24, 2.45) is 5.92 Å². The van der Waals surface area contributed by atoms with Gasteiger partial charge in [0.1, 0.15) is 0 Å². The van der Waals surface area contributed by atoms with Crippen LogP contribution in [-0.2, 0) is 0 Å². The first-order valence-corrected chi connectivity index (χ1v) is 8.23. The van der Waals surface area contributed by atoms with Crippen molar-refractivity contribution in [1.82, 2.24) is 10.2 Å². The highest BCUT2D eigenvalue weighted by Gasteiger charge is 2.22. The van der Waals surface area contributed by atoms with Gasteiger partial charge in [-0.3, -0.25) is 4.90 Å². The lowest BCUT2D eigenvalue weighted by Crippen LogP contribution is -2.45. The quantitative estimate of drug-likeness (QED) is 0.867. The van der Waals surface area contributed by atoms with Gasteiger partial charge >= 0.3 is 0 Å². The Kier molecular flexibility index (Phi) is 6.16. The smallest absolute Gasteiger partial charge is 0.0595 e. The molecule has 1 saturated heterocycles. The molecule has 0 radical (unpaired) electrons. The molecular weight excluding hydrogens is 291 g/mol. The van der Waals surface area contributed by atoms with Gasteiger partial charge in [0.15, 0.2) is 0 Å². The summed E-state index contributed by atoms with van der Waals surface area (Å²) in [5.41, 5.74) is 1.29. The molecule has 0 aliphatic carbocycles. The second-order valence-electron chi connectivity index (χ2n) is 5.95. The van der Waals surface area contributed by atoms with Crippen molar-refractivity contribution in [3.05, 3.63) is 33.8 Å². The van der Waals surface area contributed by atoms with Crippen molar-refractivity contribution in [3.63, 3.8) is 0 Å². The molecular formula is C16H24Cl2N2. The van der Waals surface area contributed by atoms with Gasteiger partial charge in [-0.25, -0.2) is 0 Å². The first-order chi connectivity index (χ1) is 9.58. The Balaban J connectivity index is 2.17. The molecule has 0 spiro atoms. The van der Waals surface area contributed by atoms with Gasteiger partial charge in [-0.15, -0.1) is 0 Å². The molecule has 0 bridgehead atoms. The molecule has 1 aromatic carbocycles. The van der Waals surface area contributed by atoms with Crippen LogP contribution in [0.1, 0.15) is 38.3 Å². The summed E-state index contributed by atoms with van der Waals surface area (Å²) >= 11 is 12.2. The molecule has 4 heteroatoms. The number of benzene rings is 1. The van der Waals surface area contributed by atoms with Crippen LogP contribution in [0.3, 0.4) is 0 Å². The predicted octanol–water partition coefficient (Wildman–Crippen LogP) is 4.38. The summed E-state index contributed by atoms with van der Waals surface area (Å²) in [4.78, 5) is 2.57. The molecule has 2 nitrogen and oxygen atoms in total. The fourth-order valence-corrected chi connectivity index (χ4v) is 3.07. The van der Waals surface area contributed by atoms with Crippen LogP contribution in [0, 0.1) is 5.92 Å². The SMILES string of the molecule is CC(C)CC[C@@H](c1ccc(Cl)c(Cl)c1)N1CCNCC1. The minimum absolute atomic E-state index is 0.453. The minimum atomic E-state index is 0.453. The average Bonchev–Trinajstić information content (AvgIpc) is 2.44. The second kappa shape index (κ2) is 7.65. The molecule has 1 atom stereocenters. The Morgan fingerprint density at radius 1 is 1.10 bits per heavy atom. The maximum Gasteiger partial charge on any atom is 0.0595 e. The van der Waals surface area contributed by atoms with E-state index in [1.54, 1.807) is 0 Å². The summed E-state index contributed by atoms with van der Waals surface area (Å²) in [7, 11) is 0. The Hall–Kier alpha value is -0.280. The summed E-state index contributed by atoms with van der Waals surface area (Å²) in [5.74, 6) is 0.725. The highest BCUT2D eigenvalue weighted by Crippen LogP contribution is 2.32. The van der Waals surface area contributed by atoms with Crippen LogP contribution < -0.4 is 5.32 Å². The van der Waals surface area contributed by atoms with Gasteiger partial charge in [0.25, 0.3) is 0 Å². The summed E-state index contributed by atoms with van der Waals surface area (Å²) in [6.45, 7) is 8.90. The maximum absolute atomic E-state index is 6.20. The first kappa shape index (κ1) is 16.1. The van der Waals surface area contributed by atoms with Gasteiger partial charge in [-0.2, -0.15) is 0 Å². The highest BCUT2D eigenvalue weighted by molar-refractivity contribution is 6.42. The van der Waals surface area contributed by atoms with Crippen LogP contribution in [0.25, 0.3) is 0 Å². The van der Waals surface area contributed by atoms with E-state index in [9.17, 15) is 0 Å². The third-order valence-corrected chi connectivity index (χ3v) is 4.68. The van der Waals surface area contributed by atoms with Gasteiger partial charge < -0.3 is 5.32 Å². The fraction of sp³-hybridized carbons (Fsp3) is 0.625. The van der Waals surface area contributed by atoms with E-state index in [4.69, 9.17) is 23.2 Å². The monoisotopic (exact) mass is 314 g/mol. The van der Waals surface area contributed by atoms with Crippen molar-refractivity contribution < 1.29 is 0 Å². The molecule has 0 amide bonds. The molecule has 1 N–H and O–H groups in total. The van der Waals surface area contributed by atoms with E-state index in [2.05, 4.69) is 30.1 Å². The summed E-state index contributed by atoms with van der Waals surface area (Å²) in [6.07, 6.45) is 2.41. The average molecular weight is 315 g/mol. The molecule has 0 saturated carbocycles. The van der Waals surface area contributed by atoms with E-state index in [1.165, 1.54) is 18.4 Å². The highest BCUT2D eigenvalue weighted by atomic mass is 35.5. The lowest BCUT2D eigenvalue weighted by molar-refractivity contribution is 0.160. The van der Waals surface area contributed by atoms with Crippen molar-refractivity contribution in [1.29, 1.82) is 0 Å². The summed E-state index contributed by atoms with van der Waals surface area (Å²) < 4.78 is 0. The zero-order valence-electron chi connectivity index (χ0n) is 12.3. The Bertz CT molecular complexity index is 428. The molecule has 1 aromatic rings. The van der Waals surface area contributed by atoms with Crippen molar-refractivity contribution in [2.45, 2.75) is 32.7 Å². The van der Waals surface area contributed by atoms with Crippen LogP contribution in [0.5, 0.6) is 0 Å². The Labute approximate surface area is 132 Å². The molecule has 112 valence electrons. The first-order valence-electron chi connectivity index (χ1n) is 7.47. The van der Waals surface area contributed by atoms with Crippen LogP contribution in [0.15, 0.2) is 18.2 Å². The Morgan fingerprint density at radius 2 is 1.80 bits per heavy atom. The van der Waals surface area contributed by atoms with Gasteiger partial charge in [0.05, 0.1) is 10.0 Å². The van der Waals surface area contributed by atoms with Crippen LogP contribution in [0.2, 0.25) is 10.0 Å². The van der Waals surface area contributed by atoms with Gasteiger partial charge in [0.2, 0.25) is 0 Å². The van der Waals surface area contributed by atoms with E-state index < -0.39 is 0 Å². The summed E-state index contributed by atoms with van der Waals surface area (Å²) in [6, 6.07) is 6.54. The lowest BCUT2D eigenvalue weighted by Gasteiger charge is -2.35. The van der Waals surface area contributed by atoms with Crippen LogP contribution in [0.4, 0.5) is 0 Å². The van der Waals surface area contributed by atoms with E-state index in [0.29, 0.717) is 16.1 Å². The molecule has 0 unspecified atom stereocenters. The molecule has 1 fully saturated rings. The number of nitrogens with zero attached hydrogens (tertiary/aromatic N) is 1. The Morgan fingerprint density at radius 3 is 2.40 bits per heavy atom. The van der Waals surface area contributed by atoms with Crippen LogP contribution in [-0.4, -0.2) is 31.1 Å². The van der Waals surface area contributed by atoms with E-state index in [-0.39, 0.29) is 0 Å². The number of hydrogen-bond donors (Lipinski definition) is 1. The number of rotatable bonds is 5. The predicted molar refractivity (Wildman–Crippen MR) is 87.7 cm³/mol. The largest absolute Gasteiger partial charge is 0.314 e. The lowest BCUT2D eigenvalue weighted by atomic mass is 9.96. The number of hydrogen-bond acceptors (Lipinski definition) is 2. The van der Waals surface area contributed by atoms with Gasteiger partial charge in [0, 0.05) is 32.2 Å². The molecule has 1 aliphatic rings. The van der Waals surface area contributed by atoms with E-state index >= 15 is 0 Å². The molecule has 20 heavy (non-hydrogen) atoms. The van der Waals surface area contributed by atoms with Crippen molar-refractivity contribution >= 4 is 23.2 Å². The van der Waals surface area contributed by atoms with Gasteiger partial charge in [-0.05, 0) is 36.5 Å². The zero-order valence-corrected chi connectivity index (χ0v) is 13.8. The molecule has 0 aromatic heterocycles. The van der Waals surface area contributed by atoms with Gasteiger partial charge in [-0.1, -0.05) is 43.1 Å². The normalized spacial score (nSPS) is 18.4. The molecule has 1 heterocycles. The summed E-state index contributed by atoms with van der Waals surface area (Å²) in [5, 5.41) is 4.72. The van der Waals surface area contributed by atoms with Crippen LogP contribution >= 0.6 is 23.2 Å². The van der Waals surface area contributed by atoms with E-state index in [0.717, 1.165) is 32.1 Å². The number of piperazine rings is 1. The minimum Gasteiger partial charge on any atom is -0.314 e. The van der Waals surface area contributed by atoms with Crippen molar-refractivity contribution in [2.75, 3.05) is 26.2 Å². The molecule has 1 aliphatic heterocycles. The zero-order chi connectivity index (χ0) is 14.5. The topological polar surface area (TPSA) is 15.3 Å². The second-order valence-corrected chi connectivity index (χ2v) is 6.76. The number of nitrogens with one attached hydrogen (secondary N) is 1. The van der Waals surface area contributed by atoms with Crippen molar-refractivity contribution in [3.8, 4) is 0 Å². The number of halogens is 2. The third kappa shape index (κ3) is 4.36. The van der Waals surface area contributed by atoms with E-state index in [1.807, 2.05) is 12.1 Å². The molecule has 2 rings (SSSR count). The maximum atomic E-state index is 6.20.